The number of piperidine rings is 1. The van der Waals surface area contributed by atoms with E-state index in [9.17, 15) is 14.7 Å². The maximum absolute atomic E-state index is 13.9. The van der Waals surface area contributed by atoms with Gasteiger partial charge in [-0.05, 0) is 30.9 Å². The molecule has 0 spiro atoms. The SMILES string of the molecule is O=C(c1ccccc1)c1ccccc1C(=O)N1CCC(O)(c2ccccc2)[C@@H]2CCCC[C@H]21. The first kappa shape index (κ1) is 21.6. The summed E-state index contributed by atoms with van der Waals surface area (Å²) in [5.74, 6) is -0.261. The Morgan fingerprint density at radius 3 is 2.12 bits per heavy atom. The van der Waals surface area contributed by atoms with Crippen LogP contribution >= 0.6 is 0 Å². The topological polar surface area (TPSA) is 57.6 Å². The third kappa shape index (κ3) is 3.89. The van der Waals surface area contributed by atoms with Crippen LogP contribution in [-0.4, -0.2) is 34.3 Å². The molecule has 1 N–H and O–H groups in total. The lowest BCUT2D eigenvalue weighted by molar-refractivity contribution is -0.110. The molecule has 1 heterocycles. The largest absolute Gasteiger partial charge is 0.385 e. The summed E-state index contributed by atoms with van der Waals surface area (Å²) >= 11 is 0. The summed E-state index contributed by atoms with van der Waals surface area (Å²) in [5.41, 5.74) is 1.47. The summed E-state index contributed by atoms with van der Waals surface area (Å²) in [6, 6.07) is 26.1. The van der Waals surface area contributed by atoms with Crippen molar-refractivity contribution in [2.75, 3.05) is 6.54 Å². The van der Waals surface area contributed by atoms with Crippen LogP contribution in [0.5, 0.6) is 0 Å². The van der Waals surface area contributed by atoms with Gasteiger partial charge in [-0.15, -0.1) is 0 Å². The molecule has 0 bridgehead atoms. The Hall–Kier alpha value is -3.24. The Morgan fingerprint density at radius 2 is 1.39 bits per heavy atom. The van der Waals surface area contributed by atoms with Crippen LogP contribution in [0.15, 0.2) is 84.9 Å². The molecule has 4 nitrogen and oxygen atoms in total. The molecule has 33 heavy (non-hydrogen) atoms. The van der Waals surface area contributed by atoms with E-state index in [-0.39, 0.29) is 23.7 Å². The van der Waals surface area contributed by atoms with Gasteiger partial charge in [-0.25, -0.2) is 0 Å². The molecule has 1 aliphatic heterocycles. The van der Waals surface area contributed by atoms with Crippen molar-refractivity contribution in [3.05, 3.63) is 107 Å². The Morgan fingerprint density at radius 1 is 0.788 bits per heavy atom. The van der Waals surface area contributed by atoms with E-state index in [0.29, 0.717) is 29.7 Å². The molecule has 0 radical (unpaired) electrons. The van der Waals surface area contributed by atoms with E-state index in [4.69, 9.17) is 0 Å². The third-order valence-electron chi connectivity index (χ3n) is 7.45. The van der Waals surface area contributed by atoms with E-state index in [1.807, 2.05) is 59.5 Å². The molecule has 4 heteroatoms. The molecule has 2 aliphatic rings. The van der Waals surface area contributed by atoms with E-state index >= 15 is 0 Å². The van der Waals surface area contributed by atoms with Crippen molar-refractivity contribution < 1.29 is 14.7 Å². The molecule has 1 amide bonds. The average Bonchev–Trinajstić information content (AvgIpc) is 2.89. The number of hydrogen-bond acceptors (Lipinski definition) is 3. The molecule has 168 valence electrons. The molecule has 2 fully saturated rings. The van der Waals surface area contributed by atoms with Crippen molar-refractivity contribution in [2.45, 2.75) is 43.7 Å². The zero-order chi connectivity index (χ0) is 22.8. The highest BCUT2D eigenvalue weighted by Crippen LogP contribution is 2.47. The zero-order valence-corrected chi connectivity index (χ0v) is 18.7. The molecular weight excluding hydrogens is 410 g/mol. The number of fused-ring (bicyclic) bond motifs is 1. The van der Waals surface area contributed by atoms with Crippen LogP contribution < -0.4 is 0 Å². The van der Waals surface area contributed by atoms with Crippen LogP contribution in [0.2, 0.25) is 0 Å². The molecule has 3 aromatic carbocycles. The number of ketones is 1. The number of benzene rings is 3. The summed E-state index contributed by atoms with van der Waals surface area (Å²) in [5, 5.41) is 11.8. The van der Waals surface area contributed by atoms with Gasteiger partial charge in [0.25, 0.3) is 5.91 Å². The summed E-state index contributed by atoms with van der Waals surface area (Å²) in [7, 11) is 0. The van der Waals surface area contributed by atoms with Gasteiger partial charge in [0.15, 0.2) is 5.78 Å². The van der Waals surface area contributed by atoms with Gasteiger partial charge in [-0.1, -0.05) is 91.7 Å². The summed E-state index contributed by atoms with van der Waals surface area (Å²) in [4.78, 5) is 29.0. The second-order valence-corrected chi connectivity index (χ2v) is 9.24. The van der Waals surface area contributed by atoms with E-state index in [0.717, 1.165) is 31.2 Å². The Balaban J connectivity index is 1.48. The van der Waals surface area contributed by atoms with Gasteiger partial charge in [0.1, 0.15) is 0 Å². The highest BCUT2D eigenvalue weighted by molar-refractivity contribution is 6.15. The molecule has 3 aromatic rings. The van der Waals surface area contributed by atoms with Crippen LogP contribution in [0.1, 0.15) is 63.9 Å². The van der Waals surface area contributed by atoms with E-state index in [1.165, 1.54) is 0 Å². The molecule has 1 aliphatic carbocycles. The molecule has 1 saturated heterocycles. The number of nitrogens with zero attached hydrogens (tertiary/aromatic N) is 1. The third-order valence-corrected chi connectivity index (χ3v) is 7.45. The summed E-state index contributed by atoms with van der Waals surface area (Å²) in [6.45, 7) is 0.471. The first-order chi connectivity index (χ1) is 16.1. The smallest absolute Gasteiger partial charge is 0.254 e. The Kier molecular flexibility index (Phi) is 5.86. The van der Waals surface area contributed by atoms with Crippen molar-refractivity contribution in [3.63, 3.8) is 0 Å². The minimum Gasteiger partial charge on any atom is -0.385 e. The van der Waals surface area contributed by atoms with Crippen molar-refractivity contribution in [1.82, 2.24) is 4.90 Å². The highest BCUT2D eigenvalue weighted by atomic mass is 16.3. The van der Waals surface area contributed by atoms with Crippen molar-refractivity contribution >= 4 is 11.7 Å². The zero-order valence-electron chi connectivity index (χ0n) is 18.7. The maximum atomic E-state index is 13.9. The monoisotopic (exact) mass is 439 g/mol. The lowest BCUT2D eigenvalue weighted by atomic mass is 9.66. The van der Waals surface area contributed by atoms with Gasteiger partial charge in [0.2, 0.25) is 0 Å². The van der Waals surface area contributed by atoms with Crippen LogP contribution in [0.4, 0.5) is 0 Å². The Bertz CT molecular complexity index is 1140. The predicted molar refractivity (Wildman–Crippen MR) is 128 cm³/mol. The molecule has 3 atom stereocenters. The van der Waals surface area contributed by atoms with E-state index in [1.54, 1.807) is 30.3 Å². The lowest BCUT2D eigenvalue weighted by Gasteiger charge is -2.52. The molecular formula is C29H29NO3. The van der Waals surface area contributed by atoms with E-state index in [2.05, 4.69) is 0 Å². The number of likely N-dealkylation sites (tertiary alicyclic amines) is 1. The highest BCUT2D eigenvalue weighted by Gasteiger charge is 2.50. The van der Waals surface area contributed by atoms with Gasteiger partial charge in [-0.2, -0.15) is 0 Å². The normalized spacial score (nSPS) is 24.7. The summed E-state index contributed by atoms with van der Waals surface area (Å²) < 4.78 is 0. The number of aliphatic hydroxyl groups is 1. The molecule has 1 saturated carbocycles. The predicted octanol–water partition coefficient (Wildman–Crippen LogP) is 5.21. The minimum absolute atomic E-state index is 0.0108. The van der Waals surface area contributed by atoms with Gasteiger partial charge in [0, 0.05) is 29.6 Å². The number of carbonyl (C=O) groups excluding carboxylic acids is 2. The van der Waals surface area contributed by atoms with E-state index < -0.39 is 5.60 Å². The fourth-order valence-electron chi connectivity index (χ4n) is 5.79. The van der Waals surface area contributed by atoms with Crippen LogP contribution in [0.3, 0.4) is 0 Å². The maximum Gasteiger partial charge on any atom is 0.254 e. The first-order valence-corrected chi connectivity index (χ1v) is 11.9. The minimum atomic E-state index is -0.928. The number of hydrogen-bond donors (Lipinski definition) is 1. The number of carbonyl (C=O) groups is 2. The van der Waals surface area contributed by atoms with Gasteiger partial charge >= 0.3 is 0 Å². The van der Waals surface area contributed by atoms with Crippen LogP contribution in [0.25, 0.3) is 0 Å². The van der Waals surface area contributed by atoms with Crippen molar-refractivity contribution in [3.8, 4) is 0 Å². The van der Waals surface area contributed by atoms with Gasteiger partial charge < -0.3 is 10.0 Å². The van der Waals surface area contributed by atoms with Crippen molar-refractivity contribution in [2.24, 2.45) is 5.92 Å². The fourth-order valence-corrected chi connectivity index (χ4v) is 5.79. The fraction of sp³-hybridized carbons (Fsp3) is 0.310. The standard InChI is InChI=1S/C29H29NO3/c31-27(21-11-3-1-4-12-21)23-15-7-8-16-24(23)28(32)30-20-19-29(33,22-13-5-2-6-14-22)25-17-9-10-18-26(25)30/h1-8,11-16,25-26,33H,9-10,17-20H2/t25-,26-,29?/m1/s1. The van der Waals surface area contributed by atoms with Crippen molar-refractivity contribution in [1.29, 1.82) is 0 Å². The average molecular weight is 440 g/mol. The Labute approximate surface area is 194 Å². The number of amides is 1. The van der Waals surface area contributed by atoms with Gasteiger partial charge in [0.05, 0.1) is 11.2 Å². The first-order valence-electron chi connectivity index (χ1n) is 11.9. The number of rotatable bonds is 4. The quantitative estimate of drug-likeness (QED) is 0.568. The molecule has 5 rings (SSSR count). The second-order valence-electron chi connectivity index (χ2n) is 9.24. The van der Waals surface area contributed by atoms with Gasteiger partial charge in [-0.3, -0.25) is 9.59 Å². The van der Waals surface area contributed by atoms with Crippen LogP contribution in [-0.2, 0) is 5.60 Å². The molecule has 0 aromatic heterocycles. The lowest BCUT2D eigenvalue weighted by Crippen LogP contribution is -2.59. The molecule has 1 unspecified atom stereocenters. The second kappa shape index (κ2) is 8.95. The summed E-state index contributed by atoms with van der Waals surface area (Å²) in [6.07, 6.45) is 4.37. The van der Waals surface area contributed by atoms with Crippen LogP contribution in [0, 0.1) is 5.92 Å².